The van der Waals surface area contributed by atoms with E-state index in [0.717, 1.165) is 6.42 Å². The minimum absolute atomic E-state index is 0.0390. The fourth-order valence-electron chi connectivity index (χ4n) is 1.65. The van der Waals surface area contributed by atoms with E-state index >= 15 is 0 Å². The van der Waals surface area contributed by atoms with E-state index in [0.29, 0.717) is 19.5 Å². The Balaban J connectivity index is 2.39. The molecule has 0 radical (unpaired) electrons. The van der Waals surface area contributed by atoms with E-state index in [1.807, 2.05) is 31.4 Å². The molecule has 4 nitrogen and oxygen atoms in total. The second-order valence-electron chi connectivity index (χ2n) is 3.94. The molecule has 0 saturated heterocycles. The van der Waals surface area contributed by atoms with Gasteiger partial charge in [0.15, 0.2) is 0 Å². The van der Waals surface area contributed by atoms with Gasteiger partial charge in [0.05, 0.1) is 6.54 Å². The normalized spacial score (nSPS) is 10.1. The largest absolute Gasteiger partial charge is 0.355 e. The number of carbonyl (C=O) groups is 2. The molecule has 5 heteroatoms. The lowest BCUT2D eigenvalue weighted by Gasteiger charge is -2.20. The van der Waals surface area contributed by atoms with Crippen molar-refractivity contribution in [2.24, 2.45) is 0 Å². The number of likely N-dealkylation sites (N-methyl/N-ethyl adjacent to an activating group) is 2. The van der Waals surface area contributed by atoms with Gasteiger partial charge in [0.25, 0.3) is 0 Å². The van der Waals surface area contributed by atoms with E-state index in [4.69, 9.17) is 0 Å². The Hall–Kier alpha value is -1.36. The minimum atomic E-state index is -0.0937. The molecule has 1 aromatic heterocycles. The van der Waals surface area contributed by atoms with Crippen molar-refractivity contribution in [3.05, 3.63) is 22.4 Å². The van der Waals surface area contributed by atoms with Gasteiger partial charge in [-0.15, -0.1) is 11.3 Å². The van der Waals surface area contributed by atoms with Crippen molar-refractivity contribution in [3.8, 4) is 0 Å². The van der Waals surface area contributed by atoms with Crippen LogP contribution in [0.25, 0.3) is 0 Å². The van der Waals surface area contributed by atoms with Crippen LogP contribution in [-0.2, 0) is 16.0 Å². The van der Waals surface area contributed by atoms with E-state index < -0.39 is 0 Å². The molecule has 1 heterocycles. The zero-order valence-electron chi connectivity index (χ0n) is 10.9. The Bertz CT molecular complexity index is 376. The van der Waals surface area contributed by atoms with Crippen LogP contribution in [0.4, 0.5) is 0 Å². The van der Waals surface area contributed by atoms with Crippen LogP contribution in [0.3, 0.4) is 0 Å². The van der Waals surface area contributed by atoms with Crippen LogP contribution in [0.15, 0.2) is 17.5 Å². The summed E-state index contributed by atoms with van der Waals surface area (Å²) in [6.45, 7) is 5.09. The van der Waals surface area contributed by atoms with Gasteiger partial charge in [-0.25, -0.2) is 0 Å². The van der Waals surface area contributed by atoms with E-state index in [2.05, 4.69) is 5.32 Å². The predicted molar refractivity (Wildman–Crippen MR) is 73.6 cm³/mol. The number of rotatable bonds is 7. The molecule has 0 unspecified atom stereocenters. The third-order valence-corrected chi connectivity index (χ3v) is 3.54. The zero-order valence-corrected chi connectivity index (χ0v) is 11.8. The predicted octanol–water partition coefficient (Wildman–Crippen LogP) is 1.67. The Morgan fingerprint density at radius 2 is 2.17 bits per heavy atom. The molecule has 0 bridgehead atoms. The first kappa shape index (κ1) is 14.7. The monoisotopic (exact) mass is 268 g/mol. The Labute approximate surface area is 112 Å². The fourth-order valence-corrected chi connectivity index (χ4v) is 2.35. The molecule has 0 fully saturated rings. The summed E-state index contributed by atoms with van der Waals surface area (Å²) in [5.74, 6) is -0.0547. The van der Waals surface area contributed by atoms with E-state index in [9.17, 15) is 9.59 Å². The molecule has 0 spiro atoms. The molecular weight excluding hydrogens is 248 g/mol. The number of nitrogens with one attached hydrogen (secondary N) is 1. The Kier molecular flexibility index (Phi) is 6.43. The van der Waals surface area contributed by atoms with Gasteiger partial charge in [0.1, 0.15) is 0 Å². The SMILES string of the molecule is CCNC(=O)CN(CC)C(=O)CCc1cccs1. The van der Waals surface area contributed by atoms with E-state index in [1.54, 1.807) is 16.2 Å². The van der Waals surface area contributed by atoms with Crippen LogP contribution in [0.2, 0.25) is 0 Å². The second-order valence-corrected chi connectivity index (χ2v) is 4.97. The van der Waals surface area contributed by atoms with Gasteiger partial charge < -0.3 is 10.2 Å². The highest BCUT2D eigenvalue weighted by Crippen LogP contribution is 2.11. The van der Waals surface area contributed by atoms with Crippen molar-refractivity contribution in [2.45, 2.75) is 26.7 Å². The van der Waals surface area contributed by atoms with Gasteiger partial charge in [-0.3, -0.25) is 9.59 Å². The summed E-state index contributed by atoms with van der Waals surface area (Å²) in [6, 6.07) is 4.01. The third-order valence-electron chi connectivity index (χ3n) is 2.61. The molecule has 0 saturated carbocycles. The van der Waals surface area contributed by atoms with Crippen LogP contribution in [0.1, 0.15) is 25.1 Å². The Morgan fingerprint density at radius 1 is 1.39 bits per heavy atom. The average Bonchev–Trinajstić information content (AvgIpc) is 2.86. The summed E-state index contributed by atoms with van der Waals surface area (Å²) >= 11 is 1.66. The molecule has 1 N–H and O–H groups in total. The molecule has 1 rings (SSSR count). The smallest absolute Gasteiger partial charge is 0.239 e. The molecule has 2 amide bonds. The number of aryl methyl sites for hydroxylation is 1. The average molecular weight is 268 g/mol. The summed E-state index contributed by atoms with van der Waals surface area (Å²) in [7, 11) is 0. The topological polar surface area (TPSA) is 49.4 Å². The third kappa shape index (κ3) is 4.87. The first-order valence-electron chi connectivity index (χ1n) is 6.24. The van der Waals surface area contributed by atoms with Crippen LogP contribution in [0, 0.1) is 0 Å². The van der Waals surface area contributed by atoms with Gasteiger partial charge in [-0.05, 0) is 31.7 Å². The standard InChI is InChI=1S/C13H20N2O2S/c1-3-14-12(16)10-15(4-2)13(17)8-7-11-6-5-9-18-11/h5-6,9H,3-4,7-8,10H2,1-2H3,(H,14,16). The van der Waals surface area contributed by atoms with Crippen molar-refractivity contribution < 1.29 is 9.59 Å². The summed E-state index contributed by atoms with van der Waals surface area (Å²) in [4.78, 5) is 26.2. The number of thiophene rings is 1. The van der Waals surface area contributed by atoms with Crippen molar-refractivity contribution in [2.75, 3.05) is 19.6 Å². The lowest BCUT2D eigenvalue weighted by Crippen LogP contribution is -2.40. The highest BCUT2D eigenvalue weighted by Gasteiger charge is 2.14. The van der Waals surface area contributed by atoms with Crippen LogP contribution in [0.5, 0.6) is 0 Å². The first-order valence-corrected chi connectivity index (χ1v) is 7.12. The lowest BCUT2D eigenvalue weighted by atomic mass is 10.2. The summed E-state index contributed by atoms with van der Waals surface area (Å²) in [5.41, 5.74) is 0. The van der Waals surface area contributed by atoms with Gasteiger partial charge in [-0.1, -0.05) is 6.07 Å². The Morgan fingerprint density at radius 3 is 2.72 bits per heavy atom. The molecule has 0 aromatic carbocycles. The maximum absolute atomic E-state index is 12.0. The van der Waals surface area contributed by atoms with Gasteiger partial charge in [0, 0.05) is 24.4 Å². The summed E-state index contributed by atoms with van der Waals surface area (Å²) < 4.78 is 0. The summed E-state index contributed by atoms with van der Waals surface area (Å²) in [6.07, 6.45) is 1.22. The molecule has 0 aliphatic rings. The second kappa shape index (κ2) is 7.87. The van der Waals surface area contributed by atoms with Crippen molar-refractivity contribution >= 4 is 23.2 Å². The number of amides is 2. The van der Waals surface area contributed by atoms with Crippen LogP contribution < -0.4 is 5.32 Å². The minimum Gasteiger partial charge on any atom is -0.355 e. The van der Waals surface area contributed by atoms with Gasteiger partial charge in [0.2, 0.25) is 11.8 Å². The molecule has 0 aliphatic heterocycles. The molecule has 100 valence electrons. The molecule has 18 heavy (non-hydrogen) atoms. The maximum atomic E-state index is 12.0. The van der Waals surface area contributed by atoms with Crippen molar-refractivity contribution in [3.63, 3.8) is 0 Å². The number of carbonyl (C=O) groups excluding carboxylic acids is 2. The molecule has 0 atom stereocenters. The van der Waals surface area contributed by atoms with Crippen molar-refractivity contribution in [1.82, 2.24) is 10.2 Å². The number of hydrogen-bond acceptors (Lipinski definition) is 3. The number of hydrogen-bond donors (Lipinski definition) is 1. The van der Waals surface area contributed by atoms with E-state index in [-0.39, 0.29) is 18.4 Å². The molecule has 1 aromatic rings. The highest BCUT2D eigenvalue weighted by molar-refractivity contribution is 7.09. The number of nitrogens with zero attached hydrogens (tertiary/aromatic N) is 1. The van der Waals surface area contributed by atoms with Crippen LogP contribution >= 0.6 is 11.3 Å². The van der Waals surface area contributed by atoms with E-state index in [1.165, 1.54) is 4.88 Å². The van der Waals surface area contributed by atoms with Gasteiger partial charge in [-0.2, -0.15) is 0 Å². The highest BCUT2D eigenvalue weighted by atomic mass is 32.1. The molecular formula is C13H20N2O2S. The first-order chi connectivity index (χ1) is 8.67. The lowest BCUT2D eigenvalue weighted by molar-refractivity contribution is -0.135. The molecule has 0 aliphatic carbocycles. The quantitative estimate of drug-likeness (QED) is 0.817. The van der Waals surface area contributed by atoms with Gasteiger partial charge >= 0.3 is 0 Å². The summed E-state index contributed by atoms with van der Waals surface area (Å²) in [5, 5.41) is 4.71. The zero-order chi connectivity index (χ0) is 13.4. The fraction of sp³-hybridized carbons (Fsp3) is 0.538. The van der Waals surface area contributed by atoms with Crippen molar-refractivity contribution in [1.29, 1.82) is 0 Å². The van der Waals surface area contributed by atoms with Crippen LogP contribution in [-0.4, -0.2) is 36.3 Å². The maximum Gasteiger partial charge on any atom is 0.239 e.